The van der Waals surface area contributed by atoms with Gasteiger partial charge in [0.05, 0.1) is 22.7 Å². The van der Waals surface area contributed by atoms with Crippen LogP contribution in [-0.4, -0.2) is 56.2 Å². The number of para-hydroxylation sites is 2. The lowest BCUT2D eigenvalue weighted by atomic mass is 10.0. The lowest BCUT2D eigenvalue weighted by molar-refractivity contribution is -0.135. The molecule has 42 heavy (non-hydrogen) atoms. The molecule has 0 aliphatic carbocycles. The zero-order chi connectivity index (χ0) is 30.0. The normalized spacial score (nSPS) is 17.4. The second-order valence-corrected chi connectivity index (χ2v) is 12.9. The summed E-state index contributed by atoms with van der Waals surface area (Å²) in [6.45, 7) is 4.57. The first-order chi connectivity index (χ1) is 20.1. The summed E-state index contributed by atoms with van der Waals surface area (Å²) in [6.07, 6.45) is 1.59. The predicted octanol–water partition coefficient (Wildman–Crippen LogP) is 4.21. The fourth-order valence-electron chi connectivity index (χ4n) is 5.51. The zero-order valence-electron chi connectivity index (χ0n) is 23.5. The Balaban J connectivity index is 1.47. The highest BCUT2D eigenvalue weighted by molar-refractivity contribution is 7.93. The average Bonchev–Trinajstić information content (AvgIpc) is 3.50. The van der Waals surface area contributed by atoms with Gasteiger partial charge in [0.1, 0.15) is 12.1 Å². The van der Waals surface area contributed by atoms with E-state index in [1.54, 1.807) is 49.1 Å². The number of sulfonamides is 1. The Kier molecular flexibility index (Phi) is 8.56. The summed E-state index contributed by atoms with van der Waals surface area (Å²) in [6, 6.07) is 16.7. The summed E-state index contributed by atoms with van der Waals surface area (Å²) >= 11 is 6.25. The van der Waals surface area contributed by atoms with E-state index in [1.165, 1.54) is 6.07 Å². The van der Waals surface area contributed by atoms with Crippen LogP contribution in [0.15, 0.2) is 71.6 Å². The van der Waals surface area contributed by atoms with Crippen LogP contribution in [0.2, 0.25) is 5.02 Å². The molecular weight excluding hydrogens is 576 g/mol. The van der Waals surface area contributed by atoms with Crippen LogP contribution in [0, 0.1) is 13.8 Å². The number of amides is 3. The Labute approximate surface area is 250 Å². The van der Waals surface area contributed by atoms with E-state index in [2.05, 4.69) is 10.6 Å². The number of rotatable bonds is 8. The molecule has 0 bridgehead atoms. The van der Waals surface area contributed by atoms with E-state index in [9.17, 15) is 22.8 Å². The van der Waals surface area contributed by atoms with Gasteiger partial charge in [0, 0.05) is 24.5 Å². The van der Waals surface area contributed by atoms with E-state index < -0.39 is 40.3 Å². The molecule has 11 heteroatoms. The van der Waals surface area contributed by atoms with Crippen LogP contribution >= 0.6 is 11.6 Å². The fourth-order valence-corrected chi connectivity index (χ4v) is 7.65. The Morgan fingerprint density at radius 2 is 1.67 bits per heavy atom. The second-order valence-electron chi connectivity index (χ2n) is 10.7. The van der Waals surface area contributed by atoms with E-state index in [-0.39, 0.29) is 22.9 Å². The van der Waals surface area contributed by atoms with Crippen molar-refractivity contribution in [2.45, 2.75) is 56.5 Å². The summed E-state index contributed by atoms with van der Waals surface area (Å²) < 4.78 is 29.5. The number of carbonyl (C=O) groups is 3. The van der Waals surface area contributed by atoms with Crippen LogP contribution in [-0.2, 0) is 30.8 Å². The molecule has 2 aliphatic rings. The van der Waals surface area contributed by atoms with Gasteiger partial charge in [-0.1, -0.05) is 54.1 Å². The summed E-state index contributed by atoms with van der Waals surface area (Å²) in [4.78, 5) is 42.1. The fraction of sp³-hybridized carbons (Fsp3) is 0.323. The quantitative estimate of drug-likeness (QED) is 0.397. The molecule has 0 radical (unpaired) electrons. The molecule has 0 spiro atoms. The highest BCUT2D eigenvalue weighted by Crippen LogP contribution is 2.38. The number of aryl methyl sites for hydroxylation is 2. The number of carbonyl (C=O) groups excluding carboxylic acids is 3. The molecule has 2 heterocycles. The topological polar surface area (TPSA) is 116 Å². The number of nitrogens with one attached hydrogen (secondary N) is 2. The zero-order valence-corrected chi connectivity index (χ0v) is 25.0. The second kappa shape index (κ2) is 12.1. The molecule has 3 aromatic carbocycles. The molecule has 1 fully saturated rings. The third-order valence-corrected chi connectivity index (χ3v) is 10.1. The van der Waals surface area contributed by atoms with E-state index in [4.69, 9.17) is 11.6 Å². The van der Waals surface area contributed by atoms with Crippen LogP contribution in [0.25, 0.3) is 0 Å². The van der Waals surface area contributed by atoms with E-state index in [0.29, 0.717) is 34.9 Å². The molecule has 5 rings (SSSR count). The summed E-state index contributed by atoms with van der Waals surface area (Å²) in [5, 5.41) is 5.99. The Hall–Kier alpha value is -3.89. The van der Waals surface area contributed by atoms with Gasteiger partial charge in [-0.25, -0.2) is 8.42 Å². The van der Waals surface area contributed by atoms with Crippen LogP contribution in [0.1, 0.15) is 36.0 Å². The number of anilines is 2. The maximum Gasteiger partial charge on any atom is 0.265 e. The predicted molar refractivity (Wildman–Crippen MR) is 162 cm³/mol. The molecule has 1 saturated heterocycles. The number of hydrogen-bond acceptors (Lipinski definition) is 5. The van der Waals surface area contributed by atoms with Crippen molar-refractivity contribution in [1.29, 1.82) is 0 Å². The smallest absolute Gasteiger partial charge is 0.265 e. The van der Waals surface area contributed by atoms with Crippen molar-refractivity contribution >= 4 is 50.7 Å². The molecule has 1 unspecified atom stereocenters. The van der Waals surface area contributed by atoms with Crippen molar-refractivity contribution in [3.8, 4) is 0 Å². The lowest BCUT2D eigenvalue weighted by Crippen LogP contribution is -2.55. The molecule has 2 aliphatic heterocycles. The van der Waals surface area contributed by atoms with Gasteiger partial charge in [-0.15, -0.1) is 0 Å². The number of halogens is 1. The van der Waals surface area contributed by atoms with Gasteiger partial charge in [0.2, 0.25) is 17.7 Å². The first-order valence-electron chi connectivity index (χ1n) is 13.9. The van der Waals surface area contributed by atoms with Crippen LogP contribution < -0.4 is 14.9 Å². The maximum atomic E-state index is 14.2. The van der Waals surface area contributed by atoms with Gasteiger partial charge in [0.15, 0.2) is 0 Å². The Morgan fingerprint density at radius 3 is 2.38 bits per heavy atom. The van der Waals surface area contributed by atoms with E-state index in [1.807, 2.05) is 30.3 Å². The molecule has 2 atom stereocenters. The molecule has 3 amide bonds. The van der Waals surface area contributed by atoms with Gasteiger partial charge in [-0.05, 0) is 67.6 Å². The third kappa shape index (κ3) is 6.00. The average molecular weight is 609 g/mol. The van der Waals surface area contributed by atoms with Gasteiger partial charge >= 0.3 is 0 Å². The lowest BCUT2D eigenvalue weighted by Gasteiger charge is -2.37. The van der Waals surface area contributed by atoms with Crippen LogP contribution in [0.5, 0.6) is 0 Å². The maximum absolute atomic E-state index is 14.2. The monoisotopic (exact) mass is 608 g/mol. The van der Waals surface area contributed by atoms with Crippen LogP contribution in [0.3, 0.4) is 0 Å². The molecule has 9 nitrogen and oxygen atoms in total. The van der Waals surface area contributed by atoms with Crippen molar-refractivity contribution in [1.82, 2.24) is 10.2 Å². The number of benzene rings is 3. The van der Waals surface area contributed by atoms with E-state index in [0.717, 1.165) is 22.7 Å². The highest BCUT2D eigenvalue weighted by Gasteiger charge is 2.43. The molecule has 0 aromatic heterocycles. The first kappa shape index (κ1) is 29.6. The molecular formula is C31H33ClN4O5S. The summed E-state index contributed by atoms with van der Waals surface area (Å²) in [7, 11) is -4.32. The largest absolute Gasteiger partial charge is 0.344 e. The minimum atomic E-state index is -4.32. The van der Waals surface area contributed by atoms with Crippen molar-refractivity contribution < 1.29 is 22.8 Å². The van der Waals surface area contributed by atoms with Gasteiger partial charge in [-0.2, -0.15) is 0 Å². The van der Waals surface area contributed by atoms with Crippen molar-refractivity contribution in [2.75, 3.05) is 22.7 Å². The minimum Gasteiger partial charge on any atom is -0.344 e. The molecule has 2 N–H and O–H groups in total. The standard InChI is InChI=1S/C31H33ClN4O5S/c1-20-17-28(21(2)16-23(20)32)42(40,41)36-26-13-7-6-12-24(26)34-30(38)27(36)19-29(37)33-25(18-22-10-4-3-5-11-22)31(39)35-14-8-9-15-35/h3-7,10-13,16-17,25,27H,8-9,14-15,18-19H2,1-2H3,(H,33,37)(H,34,38)/t25-,27?/m1/s1. The number of likely N-dealkylation sites (tertiary alicyclic amines) is 1. The summed E-state index contributed by atoms with van der Waals surface area (Å²) in [5.74, 6) is -1.44. The van der Waals surface area contributed by atoms with Gasteiger partial charge in [0.25, 0.3) is 10.0 Å². The number of hydrogen-bond donors (Lipinski definition) is 2. The molecule has 3 aromatic rings. The minimum absolute atomic E-state index is 0.00882. The Morgan fingerprint density at radius 1 is 1.00 bits per heavy atom. The number of nitrogens with zero attached hydrogens (tertiary/aromatic N) is 2. The van der Waals surface area contributed by atoms with Crippen molar-refractivity contribution in [2.24, 2.45) is 0 Å². The van der Waals surface area contributed by atoms with Crippen LogP contribution in [0.4, 0.5) is 11.4 Å². The SMILES string of the molecule is Cc1cc(S(=O)(=O)N2c3ccccc3NC(=O)C2CC(=O)N[C@H](Cc2ccccc2)C(=O)N2CCCC2)c(C)cc1Cl. The van der Waals surface area contributed by atoms with Gasteiger partial charge in [-0.3, -0.25) is 18.7 Å². The van der Waals surface area contributed by atoms with Gasteiger partial charge < -0.3 is 15.5 Å². The van der Waals surface area contributed by atoms with E-state index >= 15 is 0 Å². The third-order valence-electron chi connectivity index (χ3n) is 7.69. The highest BCUT2D eigenvalue weighted by atomic mass is 35.5. The van der Waals surface area contributed by atoms with Crippen molar-refractivity contribution in [3.05, 3.63) is 88.4 Å². The van der Waals surface area contributed by atoms with Crippen molar-refractivity contribution in [3.63, 3.8) is 0 Å². The first-order valence-corrected chi connectivity index (χ1v) is 15.7. The summed E-state index contributed by atoms with van der Waals surface area (Å²) in [5.41, 5.74) is 2.41. The number of fused-ring (bicyclic) bond motifs is 1. The molecule has 0 saturated carbocycles. The molecule has 220 valence electrons. The Bertz CT molecular complexity index is 1620.